The van der Waals surface area contributed by atoms with Gasteiger partial charge in [-0.05, 0) is 6.92 Å². The summed E-state index contributed by atoms with van der Waals surface area (Å²) in [5.41, 5.74) is 5.90. The van der Waals surface area contributed by atoms with E-state index in [9.17, 15) is 4.79 Å². The molecule has 7 heteroatoms. The highest BCUT2D eigenvalue weighted by Gasteiger charge is 2.23. The van der Waals surface area contributed by atoms with E-state index in [0.717, 1.165) is 0 Å². The zero-order valence-electron chi connectivity index (χ0n) is 12.4. The molecule has 0 aliphatic heterocycles. The van der Waals surface area contributed by atoms with Crippen molar-refractivity contribution in [3.05, 3.63) is 18.2 Å². The minimum absolute atomic E-state index is 0.0395. The van der Waals surface area contributed by atoms with Gasteiger partial charge >= 0.3 is 0 Å². The van der Waals surface area contributed by atoms with Crippen LogP contribution in [0.4, 0.5) is 0 Å². The molecule has 0 radical (unpaired) electrons. The molecule has 20 heavy (non-hydrogen) atoms. The molecule has 1 unspecified atom stereocenters. The van der Waals surface area contributed by atoms with E-state index in [1.165, 1.54) is 0 Å². The van der Waals surface area contributed by atoms with Crippen LogP contribution >= 0.6 is 0 Å². The van der Waals surface area contributed by atoms with E-state index in [1.54, 1.807) is 31.6 Å². The second-order valence-corrected chi connectivity index (χ2v) is 4.58. The Bertz CT molecular complexity index is 408. The molecule has 0 saturated heterocycles. The molecule has 0 aliphatic rings. The summed E-state index contributed by atoms with van der Waals surface area (Å²) < 4.78 is 12.0. The van der Waals surface area contributed by atoms with Crippen LogP contribution in [-0.2, 0) is 16.0 Å². The number of imidazole rings is 1. The molecule has 0 spiro atoms. The molecule has 1 aromatic heterocycles. The quantitative estimate of drug-likeness (QED) is 0.688. The Hall–Kier alpha value is -1.44. The van der Waals surface area contributed by atoms with Crippen molar-refractivity contribution >= 4 is 5.91 Å². The Labute approximate surface area is 119 Å². The number of carbonyl (C=O) groups excluding carboxylic acids is 1. The fourth-order valence-electron chi connectivity index (χ4n) is 1.93. The lowest BCUT2D eigenvalue weighted by Gasteiger charge is -2.27. The molecule has 0 saturated carbocycles. The highest BCUT2D eigenvalue weighted by Crippen LogP contribution is 2.07. The maximum atomic E-state index is 12.5. The van der Waals surface area contributed by atoms with Gasteiger partial charge in [0.25, 0.3) is 5.91 Å². The van der Waals surface area contributed by atoms with Gasteiger partial charge in [0.1, 0.15) is 5.69 Å². The molecular formula is C13H24N4O3. The van der Waals surface area contributed by atoms with Crippen LogP contribution in [0.1, 0.15) is 17.4 Å². The number of methoxy groups -OCH3 is 2. The van der Waals surface area contributed by atoms with E-state index in [1.807, 2.05) is 11.5 Å². The Morgan fingerprint density at radius 3 is 2.85 bits per heavy atom. The number of hydrogen-bond acceptors (Lipinski definition) is 5. The highest BCUT2D eigenvalue weighted by atomic mass is 16.5. The van der Waals surface area contributed by atoms with Crippen LogP contribution in [0, 0.1) is 0 Å². The molecule has 1 heterocycles. The number of nitrogens with zero attached hydrogens (tertiary/aromatic N) is 3. The van der Waals surface area contributed by atoms with Crippen LogP contribution < -0.4 is 5.73 Å². The van der Waals surface area contributed by atoms with Gasteiger partial charge in [0.15, 0.2) is 0 Å². The standard InChI is InChI=1S/C13H24N4O3/c1-11(9-20-3)17(6-7-19-2)13(18)12-8-16(5-4-14)10-15-12/h8,10-11H,4-7,9,14H2,1-3H3. The van der Waals surface area contributed by atoms with Gasteiger partial charge in [-0.2, -0.15) is 0 Å². The summed E-state index contributed by atoms with van der Waals surface area (Å²) in [7, 11) is 3.23. The van der Waals surface area contributed by atoms with E-state index in [0.29, 0.717) is 38.5 Å². The summed E-state index contributed by atoms with van der Waals surface area (Å²) in [6, 6.07) is -0.0395. The molecule has 114 valence electrons. The third-order valence-corrected chi connectivity index (χ3v) is 2.98. The third-order valence-electron chi connectivity index (χ3n) is 2.98. The van der Waals surface area contributed by atoms with Crippen molar-refractivity contribution in [1.82, 2.24) is 14.5 Å². The summed E-state index contributed by atoms with van der Waals surface area (Å²) in [4.78, 5) is 18.3. The first-order chi connectivity index (χ1) is 9.63. The number of aromatic nitrogens is 2. The highest BCUT2D eigenvalue weighted by molar-refractivity contribution is 5.92. The normalized spacial score (nSPS) is 12.4. The second kappa shape index (κ2) is 8.68. The van der Waals surface area contributed by atoms with Crippen LogP contribution in [0.3, 0.4) is 0 Å². The van der Waals surface area contributed by atoms with Gasteiger partial charge in [0.2, 0.25) is 0 Å². The number of hydrogen-bond donors (Lipinski definition) is 1. The van der Waals surface area contributed by atoms with Crippen molar-refractivity contribution in [3.63, 3.8) is 0 Å². The second-order valence-electron chi connectivity index (χ2n) is 4.58. The molecule has 0 fully saturated rings. The SMILES string of the molecule is COCCN(C(=O)c1cn(CCN)cn1)C(C)COC. The van der Waals surface area contributed by atoms with Crippen LogP contribution in [-0.4, -0.2) is 66.9 Å². The predicted molar refractivity (Wildman–Crippen MR) is 75.5 cm³/mol. The lowest BCUT2D eigenvalue weighted by atomic mass is 10.2. The summed E-state index contributed by atoms with van der Waals surface area (Å²) >= 11 is 0. The van der Waals surface area contributed by atoms with Gasteiger partial charge in [0, 0.05) is 40.1 Å². The zero-order chi connectivity index (χ0) is 15.0. The van der Waals surface area contributed by atoms with Crippen molar-refractivity contribution in [2.24, 2.45) is 5.73 Å². The monoisotopic (exact) mass is 284 g/mol. The first kappa shape index (κ1) is 16.6. The molecular weight excluding hydrogens is 260 g/mol. The van der Waals surface area contributed by atoms with E-state index < -0.39 is 0 Å². The number of amides is 1. The molecule has 2 N–H and O–H groups in total. The van der Waals surface area contributed by atoms with Crippen LogP contribution in [0.5, 0.6) is 0 Å². The molecule has 1 aromatic rings. The molecule has 0 aliphatic carbocycles. The van der Waals surface area contributed by atoms with E-state index in [-0.39, 0.29) is 11.9 Å². The minimum atomic E-state index is -0.123. The lowest BCUT2D eigenvalue weighted by molar-refractivity contribution is 0.0475. The number of rotatable bonds is 9. The topological polar surface area (TPSA) is 82.6 Å². The smallest absolute Gasteiger partial charge is 0.274 e. The predicted octanol–water partition coefficient (Wildman–Crippen LogP) is -0.0347. The van der Waals surface area contributed by atoms with E-state index >= 15 is 0 Å². The summed E-state index contributed by atoms with van der Waals surface area (Å²) in [5, 5.41) is 0. The van der Waals surface area contributed by atoms with Crippen molar-refractivity contribution in [1.29, 1.82) is 0 Å². The maximum Gasteiger partial charge on any atom is 0.274 e. The van der Waals surface area contributed by atoms with Gasteiger partial charge in [-0.1, -0.05) is 0 Å². The minimum Gasteiger partial charge on any atom is -0.383 e. The first-order valence-corrected chi connectivity index (χ1v) is 6.64. The fourth-order valence-corrected chi connectivity index (χ4v) is 1.93. The van der Waals surface area contributed by atoms with Crippen molar-refractivity contribution in [2.45, 2.75) is 19.5 Å². The molecule has 0 bridgehead atoms. The van der Waals surface area contributed by atoms with Gasteiger partial charge in [-0.15, -0.1) is 0 Å². The summed E-state index contributed by atoms with van der Waals surface area (Å²) in [6.07, 6.45) is 3.34. The fraction of sp³-hybridized carbons (Fsp3) is 0.692. The molecule has 1 amide bonds. The zero-order valence-corrected chi connectivity index (χ0v) is 12.4. The average Bonchev–Trinajstić information content (AvgIpc) is 2.88. The van der Waals surface area contributed by atoms with Crippen molar-refractivity contribution in [2.75, 3.05) is 40.5 Å². The van der Waals surface area contributed by atoms with Gasteiger partial charge in [0.05, 0.1) is 25.6 Å². The number of carbonyl (C=O) groups is 1. The summed E-state index contributed by atoms with van der Waals surface area (Å²) in [5.74, 6) is -0.123. The first-order valence-electron chi connectivity index (χ1n) is 6.64. The lowest BCUT2D eigenvalue weighted by Crippen LogP contribution is -2.43. The van der Waals surface area contributed by atoms with Crippen LogP contribution in [0.15, 0.2) is 12.5 Å². The third kappa shape index (κ3) is 4.59. The van der Waals surface area contributed by atoms with E-state index in [4.69, 9.17) is 15.2 Å². The van der Waals surface area contributed by atoms with Gasteiger partial charge in [-0.3, -0.25) is 4.79 Å². The molecule has 1 atom stereocenters. The van der Waals surface area contributed by atoms with Crippen LogP contribution in [0.2, 0.25) is 0 Å². The molecule has 1 rings (SSSR count). The van der Waals surface area contributed by atoms with E-state index in [2.05, 4.69) is 4.98 Å². The largest absolute Gasteiger partial charge is 0.383 e. The number of nitrogens with two attached hydrogens (primary N) is 1. The Morgan fingerprint density at radius 1 is 1.50 bits per heavy atom. The Balaban J connectivity index is 2.79. The average molecular weight is 284 g/mol. The van der Waals surface area contributed by atoms with Crippen molar-refractivity contribution in [3.8, 4) is 0 Å². The number of ether oxygens (including phenoxy) is 2. The molecule has 7 nitrogen and oxygen atoms in total. The van der Waals surface area contributed by atoms with Gasteiger partial charge < -0.3 is 24.7 Å². The maximum absolute atomic E-state index is 12.5. The Kier molecular flexibility index (Phi) is 7.21. The van der Waals surface area contributed by atoms with Crippen LogP contribution in [0.25, 0.3) is 0 Å². The van der Waals surface area contributed by atoms with Gasteiger partial charge in [-0.25, -0.2) is 4.98 Å². The van der Waals surface area contributed by atoms with Crippen molar-refractivity contribution < 1.29 is 14.3 Å². The summed E-state index contributed by atoms with van der Waals surface area (Å²) in [6.45, 7) is 4.54. The Morgan fingerprint density at radius 2 is 2.25 bits per heavy atom. The molecule has 0 aromatic carbocycles.